The van der Waals surface area contributed by atoms with Gasteiger partial charge in [0.2, 0.25) is 0 Å². The van der Waals surface area contributed by atoms with E-state index in [0.717, 1.165) is 37.3 Å². The molecule has 3 nitrogen and oxygen atoms in total. The third-order valence-electron chi connectivity index (χ3n) is 3.56. The van der Waals surface area contributed by atoms with E-state index in [0.29, 0.717) is 0 Å². The second-order valence-corrected chi connectivity index (χ2v) is 4.66. The molecule has 0 amide bonds. The van der Waals surface area contributed by atoms with Crippen LogP contribution in [0.25, 0.3) is 11.3 Å². The standard InChI is InChI=1S/C14H16FN3/c1-2-18-7-6-13-12(9-18)14(17-16-13)10-4-3-5-11(15)8-10/h3-5,8H,2,6-7,9H2,1H3,(H,16,17). The first-order valence-electron chi connectivity index (χ1n) is 6.32. The van der Waals surface area contributed by atoms with Crippen LogP contribution in [0.3, 0.4) is 0 Å². The molecule has 4 heteroatoms. The SMILES string of the molecule is CCN1CCc2[nH]nc(-c3cccc(F)c3)c2C1. The van der Waals surface area contributed by atoms with Gasteiger partial charge in [0, 0.05) is 36.3 Å². The van der Waals surface area contributed by atoms with Crippen LogP contribution in [0.15, 0.2) is 24.3 Å². The molecular weight excluding hydrogens is 229 g/mol. The minimum atomic E-state index is -0.215. The highest BCUT2D eigenvalue weighted by Crippen LogP contribution is 2.28. The third kappa shape index (κ3) is 1.93. The summed E-state index contributed by atoms with van der Waals surface area (Å²) in [5.74, 6) is -0.215. The maximum absolute atomic E-state index is 13.3. The highest BCUT2D eigenvalue weighted by atomic mass is 19.1. The van der Waals surface area contributed by atoms with E-state index in [-0.39, 0.29) is 5.82 Å². The van der Waals surface area contributed by atoms with Crippen molar-refractivity contribution in [2.45, 2.75) is 19.9 Å². The molecule has 0 unspecified atom stereocenters. The molecule has 1 aromatic heterocycles. The summed E-state index contributed by atoms with van der Waals surface area (Å²) >= 11 is 0. The first-order valence-corrected chi connectivity index (χ1v) is 6.32. The largest absolute Gasteiger partial charge is 0.299 e. The quantitative estimate of drug-likeness (QED) is 0.882. The van der Waals surface area contributed by atoms with Crippen LogP contribution in [0.5, 0.6) is 0 Å². The molecule has 94 valence electrons. The fourth-order valence-corrected chi connectivity index (χ4v) is 2.50. The van der Waals surface area contributed by atoms with Crippen molar-refractivity contribution >= 4 is 0 Å². The predicted octanol–water partition coefficient (Wildman–Crippen LogP) is 2.59. The zero-order chi connectivity index (χ0) is 12.5. The lowest BCUT2D eigenvalue weighted by atomic mass is 10.0. The molecule has 18 heavy (non-hydrogen) atoms. The van der Waals surface area contributed by atoms with Crippen LogP contribution in [0.2, 0.25) is 0 Å². The summed E-state index contributed by atoms with van der Waals surface area (Å²) in [6.07, 6.45) is 0.992. The topological polar surface area (TPSA) is 31.9 Å². The summed E-state index contributed by atoms with van der Waals surface area (Å²) in [5.41, 5.74) is 4.15. The number of fused-ring (bicyclic) bond motifs is 1. The number of hydrogen-bond donors (Lipinski definition) is 1. The van der Waals surface area contributed by atoms with Gasteiger partial charge in [0.1, 0.15) is 5.82 Å². The van der Waals surface area contributed by atoms with Gasteiger partial charge in [-0.25, -0.2) is 4.39 Å². The molecule has 0 atom stereocenters. The molecule has 1 aromatic carbocycles. The molecule has 0 radical (unpaired) electrons. The van der Waals surface area contributed by atoms with Crippen molar-refractivity contribution in [2.75, 3.05) is 13.1 Å². The van der Waals surface area contributed by atoms with Crippen molar-refractivity contribution < 1.29 is 4.39 Å². The Kier molecular flexibility index (Phi) is 2.88. The first-order chi connectivity index (χ1) is 8.78. The second-order valence-electron chi connectivity index (χ2n) is 4.66. The average molecular weight is 245 g/mol. The number of hydrogen-bond acceptors (Lipinski definition) is 2. The smallest absolute Gasteiger partial charge is 0.123 e. The molecule has 0 aliphatic carbocycles. The molecule has 3 rings (SSSR count). The number of likely N-dealkylation sites (N-methyl/N-ethyl adjacent to an activating group) is 1. The number of H-pyrrole nitrogens is 1. The van der Waals surface area contributed by atoms with E-state index in [2.05, 4.69) is 22.0 Å². The van der Waals surface area contributed by atoms with Crippen molar-refractivity contribution in [1.82, 2.24) is 15.1 Å². The van der Waals surface area contributed by atoms with Crippen LogP contribution >= 0.6 is 0 Å². The minimum Gasteiger partial charge on any atom is -0.299 e. The third-order valence-corrected chi connectivity index (χ3v) is 3.56. The number of halogens is 1. The van der Waals surface area contributed by atoms with Gasteiger partial charge in [-0.15, -0.1) is 0 Å². The zero-order valence-corrected chi connectivity index (χ0v) is 10.4. The summed E-state index contributed by atoms with van der Waals surface area (Å²) < 4.78 is 13.3. The number of nitrogens with zero attached hydrogens (tertiary/aromatic N) is 2. The van der Waals surface area contributed by atoms with E-state index in [1.165, 1.54) is 17.3 Å². The molecular formula is C14H16FN3. The average Bonchev–Trinajstić information content (AvgIpc) is 2.81. The summed E-state index contributed by atoms with van der Waals surface area (Å²) in [6.45, 7) is 5.16. The lowest BCUT2D eigenvalue weighted by Gasteiger charge is -2.25. The molecule has 1 N–H and O–H groups in total. The zero-order valence-electron chi connectivity index (χ0n) is 10.4. The lowest BCUT2D eigenvalue weighted by Crippen LogP contribution is -2.30. The number of aromatic amines is 1. The molecule has 0 bridgehead atoms. The second kappa shape index (κ2) is 4.53. The van der Waals surface area contributed by atoms with Crippen LogP contribution in [-0.2, 0) is 13.0 Å². The Morgan fingerprint density at radius 1 is 1.44 bits per heavy atom. The van der Waals surface area contributed by atoms with Crippen LogP contribution in [0, 0.1) is 5.82 Å². The van der Waals surface area contributed by atoms with Crippen LogP contribution in [-0.4, -0.2) is 28.2 Å². The molecule has 0 spiro atoms. The van der Waals surface area contributed by atoms with E-state index >= 15 is 0 Å². The van der Waals surface area contributed by atoms with E-state index < -0.39 is 0 Å². The van der Waals surface area contributed by atoms with Gasteiger partial charge in [-0.1, -0.05) is 19.1 Å². The lowest BCUT2D eigenvalue weighted by molar-refractivity contribution is 0.267. The fourth-order valence-electron chi connectivity index (χ4n) is 2.50. The fraction of sp³-hybridized carbons (Fsp3) is 0.357. The van der Waals surface area contributed by atoms with Gasteiger partial charge in [-0.05, 0) is 18.7 Å². The Labute approximate surface area is 106 Å². The van der Waals surface area contributed by atoms with Crippen LogP contribution in [0.4, 0.5) is 4.39 Å². The van der Waals surface area contributed by atoms with E-state index in [1.54, 1.807) is 12.1 Å². The molecule has 0 saturated carbocycles. The Morgan fingerprint density at radius 2 is 2.33 bits per heavy atom. The number of nitrogens with one attached hydrogen (secondary N) is 1. The van der Waals surface area contributed by atoms with Gasteiger partial charge in [0.05, 0.1) is 5.69 Å². The molecule has 1 aliphatic heterocycles. The first kappa shape index (κ1) is 11.4. The van der Waals surface area contributed by atoms with Crippen molar-refractivity contribution in [3.8, 4) is 11.3 Å². The van der Waals surface area contributed by atoms with Crippen molar-refractivity contribution in [2.24, 2.45) is 0 Å². The van der Waals surface area contributed by atoms with E-state index in [1.807, 2.05) is 6.07 Å². The Morgan fingerprint density at radius 3 is 3.11 bits per heavy atom. The predicted molar refractivity (Wildman–Crippen MR) is 68.6 cm³/mol. The van der Waals surface area contributed by atoms with Crippen molar-refractivity contribution in [1.29, 1.82) is 0 Å². The van der Waals surface area contributed by atoms with Gasteiger partial charge in [0.25, 0.3) is 0 Å². The number of aromatic nitrogens is 2. The van der Waals surface area contributed by atoms with E-state index in [4.69, 9.17) is 0 Å². The monoisotopic (exact) mass is 245 g/mol. The molecule has 0 saturated heterocycles. The van der Waals surface area contributed by atoms with E-state index in [9.17, 15) is 4.39 Å². The number of rotatable bonds is 2. The Bertz CT molecular complexity index is 562. The Balaban J connectivity index is 2.02. The summed E-state index contributed by atoms with van der Waals surface area (Å²) in [4.78, 5) is 2.38. The Hall–Kier alpha value is -1.68. The minimum absolute atomic E-state index is 0.215. The number of benzene rings is 1. The molecule has 2 heterocycles. The van der Waals surface area contributed by atoms with Crippen molar-refractivity contribution in [3.05, 3.63) is 41.3 Å². The van der Waals surface area contributed by atoms with Crippen LogP contribution < -0.4 is 0 Å². The van der Waals surface area contributed by atoms with Gasteiger partial charge in [-0.3, -0.25) is 10.00 Å². The van der Waals surface area contributed by atoms with Gasteiger partial charge >= 0.3 is 0 Å². The maximum Gasteiger partial charge on any atom is 0.123 e. The highest BCUT2D eigenvalue weighted by Gasteiger charge is 2.21. The maximum atomic E-state index is 13.3. The normalized spacial score (nSPS) is 15.7. The summed E-state index contributed by atoms with van der Waals surface area (Å²) in [6, 6.07) is 6.64. The molecule has 0 fully saturated rings. The molecule has 2 aromatic rings. The summed E-state index contributed by atoms with van der Waals surface area (Å²) in [5, 5.41) is 7.45. The van der Waals surface area contributed by atoms with Crippen molar-refractivity contribution in [3.63, 3.8) is 0 Å². The van der Waals surface area contributed by atoms with Gasteiger partial charge in [-0.2, -0.15) is 5.10 Å². The summed E-state index contributed by atoms with van der Waals surface area (Å²) in [7, 11) is 0. The molecule has 1 aliphatic rings. The van der Waals surface area contributed by atoms with Gasteiger partial charge < -0.3 is 0 Å². The highest BCUT2D eigenvalue weighted by molar-refractivity contribution is 5.64. The van der Waals surface area contributed by atoms with Gasteiger partial charge in [0.15, 0.2) is 0 Å². The van der Waals surface area contributed by atoms with Crippen LogP contribution in [0.1, 0.15) is 18.2 Å².